The van der Waals surface area contributed by atoms with Crippen molar-refractivity contribution in [2.24, 2.45) is 0 Å². The number of nitrogens with zero attached hydrogens (tertiary/aromatic N) is 1. The van der Waals surface area contributed by atoms with Crippen LogP contribution in [0, 0.1) is 0 Å². The lowest BCUT2D eigenvalue weighted by Gasteiger charge is -2.38. The van der Waals surface area contributed by atoms with E-state index in [-0.39, 0.29) is 6.04 Å². The lowest BCUT2D eigenvalue weighted by Crippen LogP contribution is -2.54. The molecular formula is C15H21NO3. The minimum absolute atomic E-state index is 0.257. The summed E-state index contributed by atoms with van der Waals surface area (Å²) >= 11 is 0. The second-order valence-electron chi connectivity index (χ2n) is 4.92. The van der Waals surface area contributed by atoms with Gasteiger partial charge in [0.2, 0.25) is 0 Å². The number of hydrogen-bond donors (Lipinski definition) is 1. The van der Waals surface area contributed by atoms with Crippen LogP contribution in [0.4, 0.5) is 0 Å². The average Bonchev–Trinajstić information content (AvgIpc) is 2.46. The fourth-order valence-corrected chi connectivity index (χ4v) is 2.65. The predicted octanol–water partition coefficient (Wildman–Crippen LogP) is 1.79. The van der Waals surface area contributed by atoms with Crippen LogP contribution >= 0.6 is 0 Å². The average molecular weight is 263 g/mol. The minimum Gasteiger partial charge on any atom is -0.480 e. The third kappa shape index (κ3) is 3.55. The molecule has 1 aliphatic heterocycles. The molecule has 1 N–H and O–H groups in total. The van der Waals surface area contributed by atoms with Crippen LogP contribution in [0.5, 0.6) is 0 Å². The lowest BCUT2D eigenvalue weighted by molar-refractivity contribution is -0.151. The first-order valence-corrected chi connectivity index (χ1v) is 6.82. The van der Waals surface area contributed by atoms with Gasteiger partial charge in [0, 0.05) is 12.6 Å². The molecule has 2 atom stereocenters. The van der Waals surface area contributed by atoms with Gasteiger partial charge in [-0.3, -0.25) is 9.69 Å². The highest BCUT2D eigenvalue weighted by Crippen LogP contribution is 2.18. The molecule has 104 valence electrons. The molecule has 0 amide bonds. The fourth-order valence-electron chi connectivity index (χ4n) is 2.65. The van der Waals surface area contributed by atoms with Crippen molar-refractivity contribution in [2.75, 3.05) is 19.8 Å². The Morgan fingerprint density at radius 2 is 2.21 bits per heavy atom. The van der Waals surface area contributed by atoms with Crippen LogP contribution in [0.1, 0.15) is 18.9 Å². The van der Waals surface area contributed by atoms with Crippen LogP contribution in [0.25, 0.3) is 0 Å². The Morgan fingerprint density at radius 1 is 1.47 bits per heavy atom. The van der Waals surface area contributed by atoms with Crippen molar-refractivity contribution in [2.45, 2.75) is 31.8 Å². The number of hydrogen-bond acceptors (Lipinski definition) is 3. The number of aliphatic carboxylic acids is 1. The molecule has 1 aliphatic rings. The third-order valence-corrected chi connectivity index (χ3v) is 3.71. The lowest BCUT2D eigenvalue weighted by atomic mass is 10.00. The molecule has 2 unspecified atom stereocenters. The molecule has 19 heavy (non-hydrogen) atoms. The summed E-state index contributed by atoms with van der Waals surface area (Å²) in [5.74, 6) is -0.786. The van der Waals surface area contributed by atoms with Crippen LogP contribution in [0.2, 0.25) is 0 Å². The largest absolute Gasteiger partial charge is 0.480 e. The molecule has 1 saturated heterocycles. The van der Waals surface area contributed by atoms with E-state index in [0.29, 0.717) is 19.8 Å². The number of carboxylic acids is 1. The number of rotatable bonds is 5. The summed E-state index contributed by atoms with van der Waals surface area (Å²) in [6, 6.07) is 9.98. The summed E-state index contributed by atoms with van der Waals surface area (Å²) in [7, 11) is 0. The molecule has 0 radical (unpaired) electrons. The van der Waals surface area contributed by atoms with E-state index in [1.54, 1.807) is 0 Å². The normalized spacial score (nSPS) is 22.1. The number of morpholine rings is 1. The number of carbonyl (C=O) groups is 1. The molecule has 1 heterocycles. The van der Waals surface area contributed by atoms with Gasteiger partial charge < -0.3 is 9.84 Å². The van der Waals surface area contributed by atoms with E-state index in [4.69, 9.17) is 4.74 Å². The van der Waals surface area contributed by atoms with Crippen molar-refractivity contribution in [3.63, 3.8) is 0 Å². The molecule has 4 heteroatoms. The molecule has 0 spiro atoms. The van der Waals surface area contributed by atoms with Gasteiger partial charge in [-0.25, -0.2) is 0 Å². The second-order valence-corrected chi connectivity index (χ2v) is 4.92. The van der Waals surface area contributed by atoms with Gasteiger partial charge in [0.05, 0.1) is 13.2 Å². The van der Waals surface area contributed by atoms with E-state index in [0.717, 1.165) is 12.8 Å². The molecule has 0 aliphatic carbocycles. The molecular weight excluding hydrogens is 242 g/mol. The van der Waals surface area contributed by atoms with Gasteiger partial charge in [0.25, 0.3) is 0 Å². The first-order valence-electron chi connectivity index (χ1n) is 6.82. The Kier molecular flexibility index (Phi) is 4.93. The van der Waals surface area contributed by atoms with Gasteiger partial charge in [-0.15, -0.1) is 0 Å². The Morgan fingerprint density at radius 3 is 2.84 bits per heavy atom. The smallest absolute Gasteiger partial charge is 0.323 e. The van der Waals surface area contributed by atoms with Crippen LogP contribution in [0.3, 0.4) is 0 Å². The topological polar surface area (TPSA) is 49.8 Å². The molecule has 1 aromatic carbocycles. The maximum Gasteiger partial charge on any atom is 0.323 e. The van der Waals surface area contributed by atoms with Crippen molar-refractivity contribution in [1.82, 2.24) is 4.90 Å². The van der Waals surface area contributed by atoms with E-state index in [9.17, 15) is 9.90 Å². The minimum atomic E-state index is -0.786. The van der Waals surface area contributed by atoms with Crippen molar-refractivity contribution < 1.29 is 14.6 Å². The van der Waals surface area contributed by atoms with Gasteiger partial charge in [-0.1, -0.05) is 37.3 Å². The standard InChI is InChI=1S/C15H21NO3/c1-2-13(10-12-6-4-3-5-7-12)16-8-9-19-11-14(16)15(17)18/h3-7,13-14H,2,8-11H2,1H3,(H,17,18). The first-order chi connectivity index (χ1) is 9.22. The van der Waals surface area contributed by atoms with Gasteiger partial charge in [0.1, 0.15) is 6.04 Å². The summed E-state index contributed by atoms with van der Waals surface area (Å²) in [5.41, 5.74) is 1.25. The maximum atomic E-state index is 11.3. The van der Waals surface area contributed by atoms with Crippen molar-refractivity contribution in [3.05, 3.63) is 35.9 Å². The summed E-state index contributed by atoms with van der Waals surface area (Å²) in [5, 5.41) is 9.30. The zero-order valence-electron chi connectivity index (χ0n) is 11.3. The highest BCUT2D eigenvalue weighted by atomic mass is 16.5. The van der Waals surface area contributed by atoms with E-state index < -0.39 is 12.0 Å². The Bertz CT molecular complexity index is 407. The molecule has 1 fully saturated rings. The summed E-state index contributed by atoms with van der Waals surface area (Å²) < 4.78 is 5.30. The van der Waals surface area contributed by atoms with Gasteiger partial charge in [-0.05, 0) is 18.4 Å². The van der Waals surface area contributed by atoms with E-state index in [2.05, 4.69) is 24.0 Å². The van der Waals surface area contributed by atoms with E-state index in [1.165, 1.54) is 5.56 Å². The first kappa shape index (κ1) is 14.0. The van der Waals surface area contributed by atoms with Crippen LogP contribution in [-0.4, -0.2) is 47.8 Å². The van der Waals surface area contributed by atoms with E-state index in [1.807, 2.05) is 18.2 Å². The number of benzene rings is 1. The Balaban J connectivity index is 2.09. The molecule has 0 aromatic heterocycles. The SMILES string of the molecule is CCC(Cc1ccccc1)N1CCOCC1C(=O)O. The molecule has 1 aromatic rings. The van der Waals surface area contributed by atoms with Crippen LogP contribution in [-0.2, 0) is 16.0 Å². The predicted molar refractivity (Wildman–Crippen MR) is 73.2 cm³/mol. The number of carboxylic acid groups (broad SMARTS) is 1. The molecule has 2 rings (SSSR count). The maximum absolute atomic E-state index is 11.3. The van der Waals surface area contributed by atoms with Gasteiger partial charge >= 0.3 is 5.97 Å². The Labute approximate surface area is 114 Å². The van der Waals surface area contributed by atoms with E-state index >= 15 is 0 Å². The van der Waals surface area contributed by atoms with Gasteiger partial charge in [0.15, 0.2) is 0 Å². The number of ether oxygens (including phenoxy) is 1. The Hall–Kier alpha value is -1.39. The highest BCUT2D eigenvalue weighted by Gasteiger charge is 2.33. The van der Waals surface area contributed by atoms with Crippen molar-refractivity contribution in [3.8, 4) is 0 Å². The van der Waals surface area contributed by atoms with Crippen LogP contribution < -0.4 is 0 Å². The van der Waals surface area contributed by atoms with Crippen molar-refractivity contribution >= 4 is 5.97 Å². The summed E-state index contributed by atoms with van der Waals surface area (Å²) in [6.07, 6.45) is 1.83. The van der Waals surface area contributed by atoms with Gasteiger partial charge in [-0.2, -0.15) is 0 Å². The molecule has 0 bridgehead atoms. The third-order valence-electron chi connectivity index (χ3n) is 3.71. The monoisotopic (exact) mass is 263 g/mol. The quantitative estimate of drug-likeness (QED) is 0.880. The zero-order chi connectivity index (χ0) is 13.7. The van der Waals surface area contributed by atoms with Crippen LogP contribution in [0.15, 0.2) is 30.3 Å². The molecule has 0 saturated carbocycles. The van der Waals surface area contributed by atoms with Crippen molar-refractivity contribution in [1.29, 1.82) is 0 Å². The fraction of sp³-hybridized carbons (Fsp3) is 0.533. The molecule has 4 nitrogen and oxygen atoms in total. The second kappa shape index (κ2) is 6.68. The summed E-state index contributed by atoms with van der Waals surface area (Å²) in [4.78, 5) is 13.4. The summed E-state index contributed by atoms with van der Waals surface area (Å²) in [6.45, 7) is 3.72. The highest BCUT2D eigenvalue weighted by molar-refractivity contribution is 5.73. The zero-order valence-corrected chi connectivity index (χ0v) is 11.3.